The molecule has 3 aromatic rings. The Balaban J connectivity index is 1.28. The molecule has 3 aliphatic rings. The second-order valence-electron chi connectivity index (χ2n) is 8.96. The zero-order valence-corrected chi connectivity index (χ0v) is 21.9. The van der Waals surface area contributed by atoms with Gasteiger partial charge in [-0.15, -0.1) is 0 Å². The van der Waals surface area contributed by atoms with E-state index in [2.05, 4.69) is 15.9 Å². The lowest BCUT2D eigenvalue weighted by Crippen LogP contribution is -2.47. The van der Waals surface area contributed by atoms with Crippen LogP contribution < -0.4 is 19.9 Å². The van der Waals surface area contributed by atoms with Crippen LogP contribution in [-0.4, -0.2) is 68.9 Å². The number of thioether (sulfide) groups is 1. The smallest absolute Gasteiger partial charge is 0.267 e. The van der Waals surface area contributed by atoms with E-state index in [1.165, 1.54) is 21.7 Å². The van der Waals surface area contributed by atoms with Crippen LogP contribution in [0.5, 0.6) is 11.5 Å². The molecule has 0 saturated carbocycles. The van der Waals surface area contributed by atoms with Crippen LogP contribution >= 0.6 is 24.0 Å². The molecule has 37 heavy (non-hydrogen) atoms. The molecule has 5 heterocycles. The Hall–Kier alpha value is -3.41. The van der Waals surface area contributed by atoms with Crippen LogP contribution in [0.3, 0.4) is 0 Å². The van der Waals surface area contributed by atoms with Crippen molar-refractivity contribution in [2.45, 2.75) is 13.5 Å². The van der Waals surface area contributed by atoms with Crippen LogP contribution in [0.15, 0.2) is 52.3 Å². The molecule has 0 aliphatic carbocycles. The summed E-state index contributed by atoms with van der Waals surface area (Å²) in [5.41, 5.74) is 1.94. The van der Waals surface area contributed by atoms with Crippen molar-refractivity contribution in [2.24, 2.45) is 0 Å². The minimum absolute atomic E-state index is 0.172. The molecule has 190 valence electrons. The van der Waals surface area contributed by atoms with Gasteiger partial charge in [-0.2, -0.15) is 0 Å². The minimum atomic E-state index is -0.204. The van der Waals surface area contributed by atoms with Gasteiger partial charge >= 0.3 is 0 Å². The number of carbonyl (C=O) groups excluding carboxylic acids is 1. The molecule has 1 amide bonds. The second kappa shape index (κ2) is 9.81. The molecule has 2 aromatic heterocycles. The molecule has 6 rings (SSSR count). The number of nitrogens with zero attached hydrogens (tertiary/aromatic N) is 5. The number of hydrogen-bond acceptors (Lipinski definition) is 9. The molecular weight excluding hydrogens is 510 g/mol. The van der Waals surface area contributed by atoms with Crippen LogP contribution in [0.25, 0.3) is 11.7 Å². The van der Waals surface area contributed by atoms with Crippen molar-refractivity contribution in [1.82, 2.24) is 19.2 Å². The fraction of sp³-hybridized carbons (Fsp3) is 0.308. The van der Waals surface area contributed by atoms with Crippen LogP contribution in [0.4, 0.5) is 5.82 Å². The number of ether oxygens (including phenoxy) is 2. The number of piperazine rings is 1. The van der Waals surface area contributed by atoms with Gasteiger partial charge in [-0.3, -0.25) is 23.8 Å². The van der Waals surface area contributed by atoms with Crippen molar-refractivity contribution in [3.05, 3.63) is 69.0 Å². The third-order valence-corrected chi connectivity index (χ3v) is 8.11. The van der Waals surface area contributed by atoms with Gasteiger partial charge in [0.05, 0.1) is 10.5 Å². The van der Waals surface area contributed by atoms with Gasteiger partial charge < -0.3 is 14.4 Å². The van der Waals surface area contributed by atoms with Crippen molar-refractivity contribution < 1.29 is 14.3 Å². The summed E-state index contributed by atoms with van der Waals surface area (Å²) in [5, 5.41) is 0. The van der Waals surface area contributed by atoms with Crippen molar-refractivity contribution in [2.75, 3.05) is 44.4 Å². The van der Waals surface area contributed by atoms with Gasteiger partial charge in [0.1, 0.15) is 15.8 Å². The number of amides is 1. The summed E-state index contributed by atoms with van der Waals surface area (Å²) < 4.78 is 13.0. The van der Waals surface area contributed by atoms with E-state index in [-0.39, 0.29) is 18.3 Å². The minimum Gasteiger partial charge on any atom is -0.454 e. The predicted molar refractivity (Wildman–Crippen MR) is 147 cm³/mol. The van der Waals surface area contributed by atoms with E-state index in [0.717, 1.165) is 31.1 Å². The van der Waals surface area contributed by atoms with Crippen LogP contribution in [0.2, 0.25) is 0 Å². The predicted octanol–water partition coefficient (Wildman–Crippen LogP) is 2.97. The summed E-state index contributed by atoms with van der Waals surface area (Å²) in [5.74, 6) is 2.00. The lowest BCUT2D eigenvalue weighted by Gasteiger charge is -2.36. The quantitative estimate of drug-likeness (QED) is 0.362. The topological polar surface area (TPSA) is 79.6 Å². The van der Waals surface area contributed by atoms with Gasteiger partial charge in [0.2, 0.25) is 6.79 Å². The number of carbonyl (C=O) groups is 1. The Morgan fingerprint density at radius 3 is 2.68 bits per heavy atom. The lowest BCUT2D eigenvalue weighted by molar-refractivity contribution is -0.121. The average Bonchev–Trinajstić information content (AvgIpc) is 3.49. The molecule has 3 aliphatic heterocycles. The number of pyridine rings is 1. The van der Waals surface area contributed by atoms with Crippen molar-refractivity contribution in [1.29, 1.82) is 0 Å². The summed E-state index contributed by atoms with van der Waals surface area (Å²) in [6, 6.07) is 11.5. The first-order valence-electron chi connectivity index (χ1n) is 12.1. The molecule has 2 fully saturated rings. The van der Waals surface area contributed by atoms with Gasteiger partial charge in [0.15, 0.2) is 11.5 Å². The fourth-order valence-corrected chi connectivity index (χ4v) is 6.14. The zero-order chi connectivity index (χ0) is 25.5. The Bertz CT molecular complexity index is 1500. The van der Waals surface area contributed by atoms with Crippen molar-refractivity contribution in [3.63, 3.8) is 0 Å². The van der Waals surface area contributed by atoms with E-state index < -0.39 is 0 Å². The third-order valence-electron chi connectivity index (χ3n) is 6.73. The maximum Gasteiger partial charge on any atom is 0.267 e. The molecule has 1 aromatic carbocycles. The summed E-state index contributed by atoms with van der Waals surface area (Å²) in [6.45, 7) is 6.46. The summed E-state index contributed by atoms with van der Waals surface area (Å²) >= 11 is 6.60. The van der Waals surface area contributed by atoms with E-state index in [1.54, 1.807) is 23.2 Å². The normalized spacial score (nSPS) is 19.0. The van der Waals surface area contributed by atoms with E-state index in [0.29, 0.717) is 45.9 Å². The van der Waals surface area contributed by atoms with E-state index in [1.807, 2.05) is 31.2 Å². The highest BCUT2D eigenvalue weighted by atomic mass is 32.2. The van der Waals surface area contributed by atoms with Crippen molar-refractivity contribution >= 4 is 51.7 Å². The largest absolute Gasteiger partial charge is 0.454 e. The number of hydrogen-bond donors (Lipinski definition) is 0. The van der Waals surface area contributed by atoms with E-state index in [4.69, 9.17) is 26.7 Å². The van der Waals surface area contributed by atoms with Gasteiger partial charge in [-0.1, -0.05) is 36.1 Å². The number of rotatable bonds is 5. The van der Waals surface area contributed by atoms with Crippen LogP contribution in [0.1, 0.15) is 18.1 Å². The second-order valence-corrected chi connectivity index (χ2v) is 10.6. The number of anilines is 1. The monoisotopic (exact) mass is 535 g/mol. The molecule has 2 saturated heterocycles. The Morgan fingerprint density at radius 1 is 1.08 bits per heavy atom. The van der Waals surface area contributed by atoms with Gasteiger partial charge in [0, 0.05) is 45.5 Å². The standard InChI is InChI=1S/C26H25N5O4S2/c1-2-30-25(33)21(37-26(30)36)14-18-23(27-22-5-3-4-8-31(22)24(18)32)29-11-9-28(10-12-29)15-17-6-7-19-20(13-17)35-16-34-19/h3-8,13-14H,2,9-12,15-16H2,1H3/b21-14-. The van der Waals surface area contributed by atoms with Gasteiger partial charge in [-0.05, 0) is 42.8 Å². The van der Waals surface area contributed by atoms with Gasteiger partial charge in [0.25, 0.3) is 11.5 Å². The first kappa shape index (κ1) is 24.0. The summed E-state index contributed by atoms with van der Waals surface area (Å²) in [6.07, 6.45) is 3.37. The number of aromatic nitrogens is 2. The molecule has 0 spiro atoms. The summed E-state index contributed by atoms with van der Waals surface area (Å²) in [4.78, 5) is 37.8. The number of benzene rings is 1. The van der Waals surface area contributed by atoms with E-state index >= 15 is 0 Å². The Morgan fingerprint density at radius 2 is 1.89 bits per heavy atom. The molecule has 0 unspecified atom stereocenters. The third kappa shape index (κ3) is 4.47. The SMILES string of the molecule is CCN1C(=O)/C(=C/c2c(N3CCN(Cc4ccc5c(c4)OCO5)CC3)nc3ccccn3c2=O)SC1=S. The van der Waals surface area contributed by atoms with Crippen LogP contribution in [0, 0.1) is 0 Å². The molecule has 0 N–H and O–H groups in total. The lowest BCUT2D eigenvalue weighted by atomic mass is 10.1. The molecule has 11 heteroatoms. The maximum atomic E-state index is 13.6. The highest BCUT2D eigenvalue weighted by Gasteiger charge is 2.32. The molecule has 0 atom stereocenters. The molecule has 0 radical (unpaired) electrons. The van der Waals surface area contributed by atoms with Crippen LogP contribution in [-0.2, 0) is 11.3 Å². The zero-order valence-electron chi connectivity index (χ0n) is 20.3. The molecule has 9 nitrogen and oxygen atoms in total. The highest BCUT2D eigenvalue weighted by molar-refractivity contribution is 8.26. The number of thiocarbonyl (C=S) groups is 1. The van der Waals surface area contributed by atoms with Gasteiger partial charge in [-0.25, -0.2) is 4.98 Å². The maximum absolute atomic E-state index is 13.6. The summed E-state index contributed by atoms with van der Waals surface area (Å²) in [7, 11) is 0. The van der Waals surface area contributed by atoms with Crippen molar-refractivity contribution in [3.8, 4) is 11.5 Å². The first-order chi connectivity index (χ1) is 18.0. The Kier molecular flexibility index (Phi) is 6.35. The number of likely N-dealkylation sites (N-methyl/N-ethyl adjacent to an activating group) is 1. The Labute approximate surface area is 223 Å². The fourth-order valence-electron chi connectivity index (χ4n) is 4.78. The highest BCUT2D eigenvalue weighted by Crippen LogP contribution is 2.34. The average molecular weight is 536 g/mol. The first-order valence-corrected chi connectivity index (χ1v) is 13.4. The molecule has 0 bridgehead atoms. The molecular formula is C26H25N5O4S2. The van der Waals surface area contributed by atoms with E-state index in [9.17, 15) is 9.59 Å². The number of fused-ring (bicyclic) bond motifs is 2.